The van der Waals surface area contributed by atoms with Crippen molar-refractivity contribution >= 4 is 23.6 Å². The van der Waals surface area contributed by atoms with Crippen LogP contribution in [0.25, 0.3) is 11.1 Å². The van der Waals surface area contributed by atoms with E-state index in [-0.39, 0.29) is 12.2 Å². The Morgan fingerprint density at radius 3 is 2.77 bits per heavy atom. The summed E-state index contributed by atoms with van der Waals surface area (Å²) in [5.41, 5.74) is 13.6. The second kappa shape index (κ2) is 8.58. The molecule has 0 unspecified atom stereocenters. The van der Waals surface area contributed by atoms with Crippen LogP contribution in [0.1, 0.15) is 29.9 Å². The molecule has 31 heavy (non-hydrogen) atoms. The number of rotatable bonds is 6. The van der Waals surface area contributed by atoms with Crippen LogP contribution in [0.15, 0.2) is 40.6 Å². The third-order valence-corrected chi connectivity index (χ3v) is 5.14. The Bertz CT molecular complexity index is 1060. The van der Waals surface area contributed by atoms with Crippen LogP contribution in [-0.4, -0.2) is 42.9 Å². The number of nitrogens with zero attached hydrogens (tertiary/aromatic N) is 4. The lowest BCUT2D eigenvalue weighted by atomic mass is 9.99. The first-order valence-electron chi connectivity index (χ1n) is 9.84. The maximum absolute atomic E-state index is 15.1. The van der Waals surface area contributed by atoms with Gasteiger partial charge in [0.25, 0.3) is 0 Å². The number of carbonyl (C=O) groups is 1. The van der Waals surface area contributed by atoms with Crippen LogP contribution in [0.4, 0.5) is 15.0 Å². The summed E-state index contributed by atoms with van der Waals surface area (Å²) in [6.45, 7) is 1.06. The number of hydrogen-bond donors (Lipinski definition) is 2. The fourth-order valence-electron chi connectivity index (χ4n) is 3.50. The first-order valence-corrected chi connectivity index (χ1v) is 9.84. The summed E-state index contributed by atoms with van der Waals surface area (Å²) >= 11 is 0. The lowest BCUT2D eigenvalue weighted by Gasteiger charge is -2.34. The van der Waals surface area contributed by atoms with Crippen molar-refractivity contribution in [3.8, 4) is 11.1 Å². The average Bonchev–Trinajstić information content (AvgIpc) is 3.54. The maximum Gasteiger partial charge on any atom is 0.437 e. The van der Waals surface area contributed by atoms with Crippen molar-refractivity contribution < 1.29 is 18.8 Å². The number of ether oxygens (including phenoxy) is 1. The number of pyridine rings is 1. The number of hydrogen-bond acceptors (Lipinski definition) is 6. The summed E-state index contributed by atoms with van der Waals surface area (Å²) in [6.07, 6.45) is 2.88. The molecule has 10 heteroatoms. The van der Waals surface area contributed by atoms with Gasteiger partial charge in [0.15, 0.2) is 5.96 Å². The van der Waals surface area contributed by atoms with Crippen LogP contribution < -0.4 is 16.4 Å². The Morgan fingerprint density at radius 1 is 1.32 bits per heavy atom. The van der Waals surface area contributed by atoms with Crippen molar-refractivity contribution in [1.29, 1.82) is 0 Å². The normalized spacial score (nSPS) is 15.2. The van der Waals surface area contributed by atoms with Crippen molar-refractivity contribution in [2.24, 2.45) is 21.6 Å². The molecule has 0 radical (unpaired) electrons. The number of benzene rings is 1. The lowest BCUT2D eigenvalue weighted by molar-refractivity contribution is 0.149. The van der Waals surface area contributed by atoms with E-state index >= 15 is 4.39 Å². The monoisotopic (exact) mass is 426 g/mol. The zero-order chi connectivity index (χ0) is 22.0. The molecule has 1 aromatic heterocycles. The zero-order valence-corrected chi connectivity index (χ0v) is 17.0. The summed E-state index contributed by atoms with van der Waals surface area (Å²) in [5, 5.41) is 3.97. The van der Waals surface area contributed by atoms with Gasteiger partial charge < -0.3 is 25.9 Å². The third-order valence-electron chi connectivity index (χ3n) is 5.14. The Labute approximate surface area is 178 Å². The molecule has 162 valence electrons. The Balaban J connectivity index is 1.57. The van der Waals surface area contributed by atoms with Gasteiger partial charge in [0.2, 0.25) is 0 Å². The van der Waals surface area contributed by atoms with Crippen LogP contribution in [-0.2, 0) is 16.2 Å². The number of nitrogens with two attached hydrogens (primary N) is 2. The molecule has 9 nitrogen and oxygen atoms in total. The summed E-state index contributed by atoms with van der Waals surface area (Å²) in [6, 6.07) is 6.92. The van der Waals surface area contributed by atoms with E-state index < -0.39 is 17.9 Å². The maximum atomic E-state index is 15.1. The number of aliphatic imine (C=N–C) groups is 1. The molecule has 1 saturated heterocycles. The minimum Gasteiger partial charge on any atom is -0.443 e. The second-order valence-electron chi connectivity index (χ2n) is 7.48. The number of carbonyl (C=O) groups excluding carboxylic acids is 1. The topological polar surface area (TPSA) is 128 Å². The lowest BCUT2D eigenvalue weighted by Crippen LogP contribution is -2.48. The summed E-state index contributed by atoms with van der Waals surface area (Å²) < 4.78 is 20.1. The highest BCUT2D eigenvalue weighted by Crippen LogP contribution is 2.45. The van der Waals surface area contributed by atoms with Gasteiger partial charge in [-0.05, 0) is 30.4 Å². The molecule has 1 amide bonds. The third kappa shape index (κ3) is 4.57. The van der Waals surface area contributed by atoms with Crippen LogP contribution in [0.5, 0.6) is 0 Å². The molecule has 2 aromatic rings. The average molecular weight is 426 g/mol. The minimum absolute atomic E-state index is 0.219. The van der Waals surface area contributed by atoms with E-state index in [4.69, 9.17) is 21.0 Å². The van der Waals surface area contributed by atoms with E-state index in [9.17, 15) is 4.79 Å². The van der Waals surface area contributed by atoms with Crippen molar-refractivity contribution in [2.75, 3.05) is 25.1 Å². The van der Waals surface area contributed by atoms with E-state index in [1.54, 1.807) is 24.4 Å². The Hall–Kier alpha value is -3.69. The minimum atomic E-state index is -0.974. The smallest absolute Gasteiger partial charge is 0.437 e. The molecular weight excluding hydrogens is 403 g/mol. The van der Waals surface area contributed by atoms with Crippen molar-refractivity contribution in [3.05, 3.63) is 47.4 Å². The van der Waals surface area contributed by atoms with Gasteiger partial charge >= 0.3 is 6.09 Å². The largest absolute Gasteiger partial charge is 0.443 e. The number of anilines is 1. The molecule has 4 N–H and O–H groups in total. The first kappa shape index (κ1) is 20.6. The Kier molecular flexibility index (Phi) is 5.70. The molecule has 0 bridgehead atoms. The van der Waals surface area contributed by atoms with Gasteiger partial charge in [0.1, 0.15) is 25.4 Å². The number of halogens is 1. The first-order chi connectivity index (χ1) is 15.0. The Morgan fingerprint density at radius 2 is 2.10 bits per heavy atom. The van der Waals surface area contributed by atoms with Crippen LogP contribution in [0.3, 0.4) is 0 Å². The molecule has 1 aliphatic carbocycles. The quantitative estimate of drug-likeness (QED) is 0.412. The van der Waals surface area contributed by atoms with Gasteiger partial charge in [-0.15, -0.1) is 4.99 Å². The van der Waals surface area contributed by atoms with Crippen molar-refractivity contribution in [3.63, 3.8) is 0 Å². The predicted octanol–water partition coefficient (Wildman–Crippen LogP) is 2.50. The van der Waals surface area contributed by atoms with E-state index in [0.29, 0.717) is 30.1 Å². The fraction of sp³-hybridized carbons (Fsp3) is 0.333. The number of aromatic nitrogens is 1. The highest BCUT2D eigenvalue weighted by molar-refractivity contribution is 5.99. The molecule has 1 aromatic carbocycles. The molecule has 1 saturated carbocycles. The second-order valence-corrected chi connectivity index (χ2v) is 7.48. The van der Waals surface area contributed by atoms with Crippen LogP contribution in [0.2, 0.25) is 0 Å². The van der Waals surface area contributed by atoms with Crippen LogP contribution >= 0.6 is 0 Å². The summed E-state index contributed by atoms with van der Waals surface area (Å²) in [7, 11) is 1.53. The fourth-order valence-corrected chi connectivity index (χ4v) is 3.50. The van der Waals surface area contributed by atoms with Gasteiger partial charge in [0, 0.05) is 22.9 Å². The predicted molar refractivity (Wildman–Crippen MR) is 114 cm³/mol. The van der Waals surface area contributed by atoms with Crippen LogP contribution in [0, 0.1) is 5.82 Å². The number of amides is 1. The SMILES string of the molecule is CON=C1CN(c2ncc(-c3cccc(COC(=O)N=C(N)N)c3F)cc2C2CC2)C1. The molecule has 0 spiro atoms. The van der Waals surface area contributed by atoms with Gasteiger partial charge in [-0.2, -0.15) is 0 Å². The molecule has 0 atom stereocenters. The van der Waals surface area contributed by atoms with Gasteiger partial charge in [-0.25, -0.2) is 14.2 Å². The number of oxime groups is 1. The summed E-state index contributed by atoms with van der Waals surface area (Å²) in [4.78, 5) is 26.3. The standard InChI is InChI=1S/C21H23FN6O3/c1-30-27-15-9-28(10-15)19-17(12-5-6-12)7-14(8-25-19)16-4-2-3-13(18(16)22)11-31-21(29)26-20(23)24/h2-4,7-8,12H,5-6,9-11H2,1H3,(H4,23,24,26,29). The number of guanidine groups is 1. The summed E-state index contributed by atoms with van der Waals surface area (Å²) in [5.74, 6) is 0.442. The van der Waals surface area contributed by atoms with Gasteiger partial charge in [-0.1, -0.05) is 23.4 Å². The molecule has 2 aliphatic rings. The molecule has 1 aliphatic heterocycles. The van der Waals surface area contributed by atoms with E-state index in [1.807, 2.05) is 6.07 Å². The van der Waals surface area contributed by atoms with E-state index in [2.05, 4.69) is 20.0 Å². The molecule has 2 heterocycles. The van der Waals surface area contributed by atoms with Crippen molar-refractivity contribution in [1.82, 2.24) is 4.98 Å². The zero-order valence-electron chi connectivity index (χ0n) is 17.0. The van der Waals surface area contributed by atoms with E-state index in [1.165, 1.54) is 7.11 Å². The molecular formula is C21H23FN6O3. The molecule has 2 fully saturated rings. The van der Waals surface area contributed by atoms with E-state index in [0.717, 1.165) is 29.9 Å². The highest BCUT2D eigenvalue weighted by atomic mass is 19.1. The van der Waals surface area contributed by atoms with Gasteiger partial charge in [0.05, 0.1) is 18.8 Å². The highest BCUT2D eigenvalue weighted by Gasteiger charge is 2.33. The van der Waals surface area contributed by atoms with Crippen molar-refractivity contribution in [2.45, 2.75) is 25.4 Å². The van der Waals surface area contributed by atoms with Gasteiger partial charge in [-0.3, -0.25) is 0 Å². The molecule has 4 rings (SSSR count).